The summed E-state index contributed by atoms with van der Waals surface area (Å²) in [6.45, 7) is 5.84. The predicted octanol–water partition coefficient (Wildman–Crippen LogP) is 3.93. The van der Waals surface area contributed by atoms with Gasteiger partial charge in [0.25, 0.3) is 5.91 Å². The maximum atomic E-state index is 13.0. The van der Waals surface area contributed by atoms with E-state index in [9.17, 15) is 10.1 Å². The summed E-state index contributed by atoms with van der Waals surface area (Å²) in [7, 11) is 2.12. The number of piperazine rings is 1. The van der Waals surface area contributed by atoms with Gasteiger partial charge in [0.15, 0.2) is 0 Å². The SMILES string of the molecule is Cc1ccc(C(=O)Nc2ccc(N3CCN(C)CC3)nc2)c(C#N)c1-c1ccccc1. The lowest BCUT2D eigenvalue weighted by atomic mass is 9.91. The Morgan fingerprint density at radius 3 is 2.42 bits per heavy atom. The monoisotopic (exact) mass is 411 g/mol. The highest BCUT2D eigenvalue weighted by atomic mass is 16.1. The Hall–Kier alpha value is -3.69. The van der Waals surface area contributed by atoms with Crippen LogP contribution in [0.4, 0.5) is 11.5 Å². The first-order valence-corrected chi connectivity index (χ1v) is 10.4. The van der Waals surface area contributed by atoms with Gasteiger partial charge in [-0.15, -0.1) is 0 Å². The summed E-state index contributed by atoms with van der Waals surface area (Å²) in [6.07, 6.45) is 1.67. The lowest BCUT2D eigenvalue weighted by Crippen LogP contribution is -2.44. The molecule has 1 N–H and O–H groups in total. The second-order valence-corrected chi connectivity index (χ2v) is 7.81. The van der Waals surface area contributed by atoms with Crippen LogP contribution in [0.15, 0.2) is 60.8 Å². The molecule has 1 amide bonds. The van der Waals surface area contributed by atoms with E-state index >= 15 is 0 Å². The van der Waals surface area contributed by atoms with Crippen molar-refractivity contribution in [3.8, 4) is 17.2 Å². The average Bonchev–Trinajstić information content (AvgIpc) is 2.80. The maximum absolute atomic E-state index is 13.0. The summed E-state index contributed by atoms with van der Waals surface area (Å²) in [6, 6.07) is 19.3. The van der Waals surface area contributed by atoms with Crippen LogP contribution in [-0.4, -0.2) is 49.0 Å². The van der Waals surface area contributed by atoms with E-state index in [0.29, 0.717) is 16.8 Å². The summed E-state index contributed by atoms with van der Waals surface area (Å²) in [5.74, 6) is 0.591. The first kappa shape index (κ1) is 20.6. The molecule has 156 valence electrons. The van der Waals surface area contributed by atoms with Crippen molar-refractivity contribution in [2.45, 2.75) is 6.92 Å². The average molecular weight is 412 g/mol. The summed E-state index contributed by atoms with van der Waals surface area (Å²) in [5, 5.41) is 12.7. The molecule has 31 heavy (non-hydrogen) atoms. The number of nitrogens with zero attached hydrogens (tertiary/aromatic N) is 4. The van der Waals surface area contributed by atoms with Gasteiger partial charge in [0.05, 0.1) is 23.0 Å². The van der Waals surface area contributed by atoms with Crippen LogP contribution in [0.5, 0.6) is 0 Å². The highest BCUT2D eigenvalue weighted by Crippen LogP contribution is 2.30. The molecule has 0 saturated carbocycles. The van der Waals surface area contributed by atoms with Crippen molar-refractivity contribution in [3.63, 3.8) is 0 Å². The number of aryl methyl sites for hydroxylation is 1. The first-order chi connectivity index (χ1) is 15.1. The molecule has 0 atom stereocenters. The smallest absolute Gasteiger partial charge is 0.257 e. The number of nitriles is 1. The molecular weight excluding hydrogens is 386 g/mol. The lowest BCUT2D eigenvalue weighted by molar-refractivity contribution is 0.102. The van der Waals surface area contributed by atoms with Crippen molar-refractivity contribution in [1.82, 2.24) is 9.88 Å². The maximum Gasteiger partial charge on any atom is 0.257 e. The predicted molar refractivity (Wildman–Crippen MR) is 123 cm³/mol. The molecule has 1 aromatic heterocycles. The van der Waals surface area contributed by atoms with Gasteiger partial charge in [-0.25, -0.2) is 4.98 Å². The number of aromatic nitrogens is 1. The van der Waals surface area contributed by atoms with E-state index in [4.69, 9.17) is 0 Å². The van der Waals surface area contributed by atoms with E-state index in [1.807, 2.05) is 55.5 Å². The Bertz CT molecular complexity index is 1110. The van der Waals surface area contributed by atoms with E-state index in [1.54, 1.807) is 12.3 Å². The highest BCUT2D eigenvalue weighted by Gasteiger charge is 2.19. The topological polar surface area (TPSA) is 72.3 Å². The van der Waals surface area contributed by atoms with E-state index < -0.39 is 0 Å². The number of likely N-dealkylation sites (N-methyl/N-ethyl adjacent to an activating group) is 1. The third-order valence-electron chi connectivity index (χ3n) is 5.67. The fourth-order valence-corrected chi connectivity index (χ4v) is 3.87. The Morgan fingerprint density at radius 2 is 1.77 bits per heavy atom. The number of amides is 1. The standard InChI is InChI=1S/C25H25N5O/c1-18-8-10-21(22(16-26)24(18)19-6-4-3-5-7-19)25(31)28-20-9-11-23(27-17-20)30-14-12-29(2)13-15-30/h3-11,17H,12-15H2,1-2H3,(H,28,31). The molecule has 1 fully saturated rings. The molecule has 0 spiro atoms. The Balaban J connectivity index is 1.56. The molecular formula is C25H25N5O. The summed E-state index contributed by atoms with van der Waals surface area (Å²) >= 11 is 0. The largest absolute Gasteiger partial charge is 0.354 e. The zero-order valence-electron chi connectivity index (χ0n) is 17.8. The van der Waals surface area contributed by atoms with Crippen molar-refractivity contribution in [2.75, 3.05) is 43.4 Å². The third-order valence-corrected chi connectivity index (χ3v) is 5.67. The summed E-state index contributed by atoms with van der Waals surface area (Å²) < 4.78 is 0. The highest BCUT2D eigenvalue weighted by molar-refractivity contribution is 6.07. The molecule has 0 unspecified atom stereocenters. The molecule has 2 heterocycles. The Labute approximate surface area is 182 Å². The molecule has 1 saturated heterocycles. The fraction of sp³-hybridized carbons (Fsp3) is 0.240. The second-order valence-electron chi connectivity index (χ2n) is 7.81. The van der Waals surface area contributed by atoms with Crippen LogP contribution >= 0.6 is 0 Å². The van der Waals surface area contributed by atoms with Gasteiger partial charge in [0, 0.05) is 31.7 Å². The number of rotatable bonds is 4. The van der Waals surface area contributed by atoms with Gasteiger partial charge in [-0.2, -0.15) is 5.26 Å². The van der Waals surface area contributed by atoms with Crippen LogP contribution in [0.1, 0.15) is 21.5 Å². The van der Waals surface area contributed by atoms with Gasteiger partial charge in [0.1, 0.15) is 11.9 Å². The fourth-order valence-electron chi connectivity index (χ4n) is 3.87. The van der Waals surface area contributed by atoms with Gasteiger partial charge < -0.3 is 15.1 Å². The van der Waals surface area contributed by atoms with Crippen LogP contribution in [0.25, 0.3) is 11.1 Å². The molecule has 3 aromatic rings. The lowest BCUT2D eigenvalue weighted by Gasteiger charge is -2.33. The molecule has 0 aliphatic carbocycles. The molecule has 6 nitrogen and oxygen atoms in total. The molecule has 1 aliphatic heterocycles. The van der Waals surface area contributed by atoms with Crippen LogP contribution in [0.2, 0.25) is 0 Å². The number of carbonyl (C=O) groups is 1. The second kappa shape index (κ2) is 8.99. The van der Waals surface area contributed by atoms with Crippen molar-refractivity contribution < 1.29 is 4.79 Å². The summed E-state index contributed by atoms with van der Waals surface area (Å²) in [4.78, 5) is 22.1. The van der Waals surface area contributed by atoms with Gasteiger partial charge in [-0.05, 0) is 43.3 Å². The van der Waals surface area contributed by atoms with Crippen molar-refractivity contribution >= 4 is 17.4 Å². The molecule has 1 aliphatic rings. The van der Waals surface area contributed by atoms with Crippen LogP contribution in [0, 0.1) is 18.3 Å². The van der Waals surface area contributed by atoms with E-state index in [1.165, 1.54) is 0 Å². The minimum Gasteiger partial charge on any atom is -0.354 e. The van der Waals surface area contributed by atoms with Crippen molar-refractivity contribution in [3.05, 3.63) is 77.5 Å². The van der Waals surface area contributed by atoms with Gasteiger partial charge in [-0.3, -0.25) is 4.79 Å². The van der Waals surface area contributed by atoms with Gasteiger partial charge in [0.2, 0.25) is 0 Å². The van der Waals surface area contributed by atoms with Crippen LogP contribution in [-0.2, 0) is 0 Å². The number of pyridine rings is 1. The van der Waals surface area contributed by atoms with Gasteiger partial charge >= 0.3 is 0 Å². The number of nitrogens with one attached hydrogen (secondary N) is 1. The molecule has 0 radical (unpaired) electrons. The summed E-state index contributed by atoms with van der Waals surface area (Å²) in [5.41, 5.74) is 4.01. The van der Waals surface area contributed by atoms with Gasteiger partial charge in [-0.1, -0.05) is 36.4 Å². The molecule has 6 heteroatoms. The minimum absolute atomic E-state index is 0.317. The zero-order chi connectivity index (χ0) is 21.8. The number of hydrogen-bond acceptors (Lipinski definition) is 5. The number of anilines is 2. The number of benzene rings is 2. The van der Waals surface area contributed by atoms with E-state index in [-0.39, 0.29) is 5.91 Å². The Morgan fingerprint density at radius 1 is 1.03 bits per heavy atom. The zero-order valence-corrected chi connectivity index (χ0v) is 17.8. The third kappa shape index (κ3) is 4.42. The minimum atomic E-state index is -0.317. The molecule has 4 rings (SSSR count). The quantitative estimate of drug-likeness (QED) is 0.704. The Kier molecular flexibility index (Phi) is 5.96. The molecule has 2 aromatic carbocycles. The first-order valence-electron chi connectivity index (χ1n) is 10.4. The number of hydrogen-bond donors (Lipinski definition) is 1. The van der Waals surface area contributed by atoms with Crippen LogP contribution < -0.4 is 10.2 Å². The van der Waals surface area contributed by atoms with Crippen LogP contribution in [0.3, 0.4) is 0 Å². The van der Waals surface area contributed by atoms with E-state index in [2.05, 4.69) is 33.2 Å². The molecule has 0 bridgehead atoms. The normalized spacial score (nSPS) is 14.2. The van der Waals surface area contributed by atoms with Crippen molar-refractivity contribution in [1.29, 1.82) is 5.26 Å². The van der Waals surface area contributed by atoms with Crippen molar-refractivity contribution in [2.24, 2.45) is 0 Å². The number of carbonyl (C=O) groups excluding carboxylic acids is 1. The van der Waals surface area contributed by atoms with E-state index in [0.717, 1.165) is 48.7 Å².